The Bertz CT molecular complexity index is 2110. The SMILES string of the molecule is CC(C)(C)C(=O)/C=C(\O)C(C)(C)C.Cc1c2c(cc3oc4c(-c5[c-]c6ccccc6c(C(C)(C)C)c5)nccc4c13)C(C)(C)CCC2(C)C.[Ir]. The molecule has 0 spiro atoms. The van der Waals surface area contributed by atoms with Crippen molar-refractivity contribution in [2.75, 3.05) is 0 Å². The number of carbonyl (C=O) groups excluding carboxylic acids is 1. The average Bonchev–Trinajstić information content (AvgIpc) is 3.37. The molecule has 5 heteroatoms. The topological polar surface area (TPSA) is 63.3 Å². The molecule has 0 fully saturated rings. The number of carbonyl (C=O) groups is 1. The summed E-state index contributed by atoms with van der Waals surface area (Å²) in [4.78, 5) is 16.3. The van der Waals surface area contributed by atoms with E-state index in [2.05, 4.69) is 104 Å². The number of benzene rings is 3. The van der Waals surface area contributed by atoms with Crippen molar-refractivity contribution in [1.29, 1.82) is 0 Å². The Balaban J connectivity index is 0.000000345. The average molecular weight is 851 g/mol. The fraction of sp³-hybridized carbons (Fsp3) is 0.467. The number of hydrogen-bond acceptors (Lipinski definition) is 4. The molecule has 1 aliphatic carbocycles. The van der Waals surface area contributed by atoms with Crippen molar-refractivity contribution in [1.82, 2.24) is 4.98 Å². The van der Waals surface area contributed by atoms with Crippen LogP contribution in [-0.4, -0.2) is 15.9 Å². The molecular formula is C45H56IrNO3-. The molecule has 0 saturated heterocycles. The van der Waals surface area contributed by atoms with Gasteiger partial charge in [-0.25, -0.2) is 0 Å². The Labute approximate surface area is 313 Å². The summed E-state index contributed by atoms with van der Waals surface area (Å²) in [7, 11) is 0. The molecule has 0 bridgehead atoms. The molecule has 6 rings (SSSR count). The molecule has 4 nitrogen and oxygen atoms in total. The number of rotatable bonds is 2. The zero-order chi connectivity index (χ0) is 36.5. The number of aromatic nitrogens is 1. The summed E-state index contributed by atoms with van der Waals surface area (Å²) in [6.45, 7) is 29.8. The van der Waals surface area contributed by atoms with Gasteiger partial charge in [0.05, 0.1) is 0 Å². The van der Waals surface area contributed by atoms with Gasteiger partial charge in [-0.2, -0.15) is 0 Å². The first kappa shape index (κ1) is 39.5. The fourth-order valence-corrected chi connectivity index (χ4v) is 7.08. The van der Waals surface area contributed by atoms with Crippen LogP contribution in [0.2, 0.25) is 0 Å². The predicted octanol–water partition coefficient (Wildman–Crippen LogP) is 12.6. The van der Waals surface area contributed by atoms with Gasteiger partial charge < -0.3 is 9.52 Å². The van der Waals surface area contributed by atoms with E-state index >= 15 is 0 Å². The Kier molecular flexibility index (Phi) is 10.6. The Morgan fingerprint density at radius 1 is 0.880 bits per heavy atom. The van der Waals surface area contributed by atoms with E-state index in [1.54, 1.807) is 0 Å². The third kappa shape index (κ3) is 7.51. The molecule has 0 saturated carbocycles. The van der Waals surface area contributed by atoms with Crippen molar-refractivity contribution >= 4 is 38.5 Å². The second-order valence-corrected chi connectivity index (χ2v) is 18.5. The molecule has 0 aliphatic heterocycles. The molecule has 1 N–H and O–H groups in total. The van der Waals surface area contributed by atoms with E-state index in [1.165, 1.54) is 51.9 Å². The van der Waals surface area contributed by atoms with Crippen LogP contribution in [0.25, 0.3) is 44.0 Å². The molecule has 1 radical (unpaired) electrons. The fourth-order valence-electron chi connectivity index (χ4n) is 7.08. The van der Waals surface area contributed by atoms with Gasteiger partial charge in [-0.05, 0) is 64.8 Å². The maximum Gasteiger partial charge on any atom is 0.164 e. The van der Waals surface area contributed by atoms with Gasteiger partial charge in [0.2, 0.25) is 0 Å². The monoisotopic (exact) mass is 851 g/mol. The number of aliphatic hydroxyl groups excluding tert-OH is 1. The van der Waals surface area contributed by atoms with Gasteiger partial charge in [0.25, 0.3) is 0 Å². The summed E-state index contributed by atoms with van der Waals surface area (Å²) in [5.74, 6) is 0.104. The molecule has 2 aromatic heterocycles. The summed E-state index contributed by atoms with van der Waals surface area (Å²) >= 11 is 0. The second kappa shape index (κ2) is 13.4. The summed E-state index contributed by atoms with van der Waals surface area (Å²) in [6, 6.07) is 18.9. The van der Waals surface area contributed by atoms with E-state index in [4.69, 9.17) is 9.40 Å². The van der Waals surface area contributed by atoms with Gasteiger partial charge in [0, 0.05) is 59.7 Å². The Morgan fingerprint density at radius 2 is 1.50 bits per heavy atom. The van der Waals surface area contributed by atoms with Crippen molar-refractivity contribution in [2.24, 2.45) is 10.8 Å². The van der Waals surface area contributed by atoms with E-state index in [9.17, 15) is 9.90 Å². The Morgan fingerprint density at radius 3 is 2.10 bits per heavy atom. The third-order valence-electron chi connectivity index (χ3n) is 10.3. The van der Waals surface area contributed by atoms with E-state index in [-0.39, 0.29) is 53.3 Å². The van der Waals surface area contributed by atoms with Gasteiger partial charge in [-0.1, -0.05) is 119 Å². The number of aryl methyl sites for hydroxylation is 1. The first-order valence-electron chi connectivity index (χ1n) is 17.7. The molecule has 0 amide bonds. The van der Waals surface area contributed by atoms with Crippen LogP contribution in [-0.2, 0) is 41.1 Å². The normalized spacial score (nSPS) is 16.1. The molecule has 2 heterocycles. The standard InChI is InChI=1S/C34H36NO.C11H20O2.Ir/c1-20-28-24-13-16-35-30(22-17-21-11-9-10-12-23(21)25(18-22)32(2,3)4)31(24)36-27(28)19-26-29(20)34(7,8)15-14-33(26,5)6;1-10(2,3)8(12)7-9(13)11(4,5)6;/h9-13,16,18-19H,14-15H2,1-8H3;7,12H,1-6H3;/q-1;;/b;8-7-;. The van der Waals surface area contributed by atoms with Gasteiger partial charge in [-0.15, -0.1) is 29.1 Å². The maximum atomic E-state index is 11.5. The zero-order valence-electron chi connectivity index (χ0n) is 32.7. The van der Waals surface area contributed by atoms with Gasteiger partial charge in [0.1, 0.15) is 16.9 Å². The minimum Gasteiger partial charge on any atom is -0.512 e. The van der Waals surface area contributed by atoms with E-state index < -0.39 is 5.41 Å². The van der Waals surface area contributed by atoms with Crippen LogP contribution in [0.4, 0.5) is 0 Å². The van der Waals surface area contributed by atoms with Crippen LogP contribution < -0.4 is 0 Å². The quantitative estimate of drug-likeness (QED) is 0.109. The van der Waals surface area contributed by atoms with Gasteiger partial charge >= 0.3 is 0 Å². The van der Waals surface area contributed by atoms with Crippen LogP contribution in [0.1, 0.15) is 125 Å². The largest absolute Gasteiger partial charge is 0.512 e. The summed E-state index contributed by atoms with van der Waals surface area (Å²) in [6.07, 6.45) is 5.65. The minimum absolute atomic E-state index is 0. The van der Waals surface area contributed by atoms with E-state index in [0.717, 1.165) is 33.2 Å². The van der Waals surface area contributed by atoms with Crippen LogP contribution in [0.15, 0.2) is 64.9 Å². The first-order valence-corrected chi connectivity index (χ1v) is 17.7. The van der Waals surface area contributed by atoms with Crippen molar-refractivity contribution in [3.05, 3.63) is 88.8 Å². The maximum absolute atomic E-state index is 11.5. The van der Waals surface area contributed by atoms with Crippen LogP contribution in [0, 0.1) is 23.8 Å². The molecule has 50 heavy (non-hydrogen) atoms. The van der Waals surface area contributed by atoms with E-state index in [1.807, 2.05) is 47.7 Å². The predicted molar refractivity (Wildman–Crippen MR) is 207 cm³/mol. The molecule has 3 aromatic carbocycles. The molecule has 0 unspecified atom stereocenters. The van der Waals surface area contributed by atoms with Crippen LogP contribution in [0.5, 0.6) is 0 Å². The van der Waals surface area contributed by atoms with E-state index in [0.29, 0.717) is 0 Å². The van der Waals surface area contributed by atoms with Crippen molar-refractivity contribution in [3.63, 3.8) is 0 Å². The minimum atomic E-state index is -0.417. The Hall–Kier alpha value is -3.27. The number of ketones is 1. The van der Waals surface area contributed by atoms with Gasteiger partial charge in [0.15, 0.2) is 5.78 Å². The molecule has 269 valence electrons. The smallest absolute Gasteiger partial charge is 0.164 e. The van der Waals surface area contributed by atoms with Crippen LogP contribution in [0.3, 0.4) is 0 Å². The molecular weight excluding hydrogens is 795 g/mol. The summed E-state index contributed by atoms with van der Waals surface area (Å²) in [5.41, 5.74) is 8.81. The third-order valence-corrected chi connectivity index (χ3v) is 10.3. The molecule has 1 aliphatic rings. The summed E-state index contributed by atoms with van der Waals surface area (Å²) in [5, 5.41) is 14.3. The number of nitrogens with zero attached hydrogens (tertiary/aromatic N) is 1. The zero-order valence-corrected chi connectivity index (χ0v) is 35.0. The number of pyridine rings is 1. The number of furan rings is 1. The van der Waals surface area contributed by atoms with Crippen molar-refractivity contribution in [3.8, 4) is 11.3 Å². The number of allylic oxidation sites excluding steroid dienone is 2. The second-order valence-electron chi connectivity index (χ2n) is 18.5. The van der Waals surface area contributed by atoms with Crippen LogP contribution >= 0.6 is 0 Å². The summed E-state index contributed by atoms with van der Waals surface area (Å²) < 4.78 is 6.70. The molecule has 0 atom stereocenters. The first-order chi connectivity index (χ1) is 22.4. The van der Waals surface area contributed by atoms with Crippen molar-refractivity contribution in [2.45, 2.75) is 126 Å². The molecule has 5 aromatic rings. The number of aliphatic hydroxyl groups is 1. The van der Waals surface area contributed by atoms with Gasteiger partial charge in [-0.3, -0.25) is 9.78 Å². The number of hydrogen-bond donors (Lipinski definition) is 1. The number of fused-ring (bicyclic) bond motifs is 5. The van der Waals surface area contributed by atoms with Crippen molar-refractivity contribution < 1.29 is 34.4 Å².